The van der Waals surface area contributed by atoms with Crippen LogP contribution < -0.4 is 5.32 Å². The quantitative estimate of drug-likeness (QED) is 0.790. The second-order valence-electron chi connectivity index (χ2n) is 7.91. The number of fused-ring (bicyclic) bond motifs is 1. The molecular formula is C20H25N3O4. The Hall–Kier alpha value is -2.41. The summed E-state index contributed by atoms with van der Waals surface area (Å²) < 4.78 is 5.65. The standard InChI is InChI=1S/C20H25N3O4/c1-13-10-22(11-14(2)27-13)17(24)12-23-18(25)20(21-19(23)26)8-7-15-5-3-4-6-16(15)9-20/h3-6,13-14H,7-12H2,1-2H3,(H,21,26)/t13-,14-,20+/m1/s1. The zero-order valence-corrected chi connectivity index (χ0v) is 15.7. The van der Waals surface area contributed by atoms with Gasteiger partial charge in [-0.3, -0.25) is 14.5 Å². The van der Waals surface area contributed by atoms with Gasteiger partial charge in [0.1, 0.15) is 12.1 Å². The van der Waals surface area contributed by atoms with Crippen LogP contribution in [-0.2, 0) is 27.2 Å². The number of rotatable bonds is 2. The van der Waals surface area contributed by atoms with Gasteiger partial charge in [0.2, 0.25) is 5.91 Å². The molecule has 0 radical (unpaired) electrons. The summed E-state index contributed by atoms with van der Waals surface area (Å²) in [4.78, 5) is 41.1. The Morgan fingerprint density at radius 1 is 1.19 bits per heavy atom. The number of urea groups is 1. The van der Waals surface area contributed by atoms with Gasteiger partial charge in [0.05, 0.1) is 12.2 Å². The van der Waals surface area contributed by atoms with Gasteiger partial charge in [0.15, 0.2) is 0 Å². The number of benzene rings is 1. The molecule has 7 nitrogen and oxygen atoms in total. The summed E-state index contributed by atoms with van der Waals surface area (Å²) in [5.41, 5.74) is 1.38. The van der Waals surface area contributed by atoms with E-state index >= 15 is 0 Å². The first-order chi connectivity index (χ1) is 12.9. The molecule has 3 atom stereocenters. The van der Waals surface area contributed by atoms with Crippen LogP contribution >= 0.6 is 0 Å². The first kappa shape index (κ1) is 18.0. The Morgan fingerprint density at radius 2 is 1.85 bits per heavy atom. The number of imide groups is 1. The lowest BCUT2D eigenvalue weighted by atomic mass is 9.78. The Labute approximate surface area is 158 Å². The molecule has 7 heteroatoms. The summed E-state index contributed by atoms with van der Waals surface area (Å²) in [6, 6.07) is 7.52. The molecule has 1 spiro atoms. The number of nitrogens with one attached hydrogen (secondary N) is 1. The lowest BCUT2D eigenvalue weighted by Gasteiger charge is -2.36. The van der Waals surface area contributed by atoms with Crippen molar-refractivity contribution in [2.75, 3.05) is 19.6 Å². The second-order valence-corrected chi connectivity index (χ2v) is 7.91. The molecule has 4 amide bonds. The van der Waals surface area contributed by atoms with Crippen LogP contribution in [0.3, 0.4) is 0 Å². The van der Waals surface area contributed by atoms with Gasteiger partial charge in [-0.05, 0) is 37.8 Å². The number of ether oxygens (including phenoxy) is 1. The number of amides is 4. The predicted molar refractivity (Wildman–Crippen MR) is 98.0 cm³/mol. The van der Waals surface area contributed by atoms with Gasteiger partial charge in [-0.25, -0.2) is 4.79 Å². The van der Waals surface area contributed by atoms with Gasteiger partial charge in [0.25, 0.3) is 5.91 Å². The van der Waals surface area contributed by atoms with Gasteiger partial charge in [0, 0.05) is 19.5 Å². The molecule has 1 aromatic rings. The third-order valence-electron chi connectivity index (χ3n) is 5.74. The van der Waals surface area contributed by atoms with Gasteiger partial charge in [-0.1, -0.05) is 24.3 Å². The fraction of sp³-hybridized carbons (Fsp3) is 0.550. The summed E-state index contributed by atoms with van der Waals surface area (Å²) in [7, 11) is 0. The molecule has 2 heterocycles. The van der Waals surface area contributed by atoms with Gasteiger partial charge in [-0.2, -0.15) is 0 Å². The topological polar surface area (TPSA) is 79.0 Å². The average molecular weight is 371 g/mol. The minimum atomic E-state index is -0.919. The first-order valence-electron chi connectivity index (χ1n) is 9.52. The first-order valence-corrected chi connectivity index (χ1v) is 9.52. The van der Waals surface area contributed by atoms with Crippen LogP contribution in [0.5, 0.6) is 0 Å². The predicted octanol–water partition coefficient (Wildman–Crippen LogP) is 1.10. The molecule has 0 saturated carbocycles. The third kappa shape index (κ3) is 3.20. The normalized spacial score (nSPS) is 30.4. The van der Waals surface area contributed by atoms with E-state index in [1.165, 1.54) is 5.56 Å². The number of morpholine rings is 1. The van der Waals surface area contributed by atoms with Crippen molar-refractivity contribution in [2.45, 2.75) is 50.9 Å². The molecule has 0 bridgehead atoms. The molecular weight excluding hydrogens is 346 g/mol. The molecule has 4 rings (SSSR count). The molecule has 1 aliphatic carbocycles. The largest absolute Gasteiger partial charge is 0.372 e. The number of carbonyl (C=O) groups is 3. The van der Waals surface area contributed by atoms with Crippen molar-refractivity contribution >= 4 is 17.8 Å². The Kier molecular flexibility index (Phi) is 4.42. The van der Waals surface area contributed by atoms with E-state index in [0.29, 0.717) is 25.9 Å². The van der Waals surface area contributed by atoms with Crippen molar-refractivity contribution in [3.8, 4) is 0 Å². The number of hydrogen-bond donors (Lipinski definition) is 1. The maximum absolute atomic E-state index is 13.1. The minimum Gasteiger partial charge on any atom is -0.372 e. The highest BCUT2D eigenvalue weighted by Crippen LogP contribution is 2.33. The summed E-state index contributed by atoms with van der Waals surface area (Å²) in [6.07, 6.45) is 1.67. The van der Waals surface area contributed by atoms with Crippen molar-refractivity contribution in [1.82, 2.24) is 15.1 Å². The Bertz CT molecular complexity index is 785. The SMILES string of the molecule is C[C@@H]1CN(C(=O)CN2C(=O)N[C@]3(CCc4ccccc4C3)C2=O)C[C@@H](C)O1. The van der Waals surface area contributed by atoms with Crippen molar-refractivity contribution in [3.63, 3.8) is 0 Å². The average Bonchev–Trinajstić information content (AvgIpc) is 2.85. The zero-order valence-electron chi connectivity index (χ0n) is 15.7. The van der Waals surface area contributed by atoms with Gasteiger partial charge < -0.3 is 15.0 Å². The van der Waals surface area contributed by atoms with Crippen molar-refractivity contribution < 1.29 is 19.1 Å². The summed E-state index contributed by atoms with van der Waals surface area (Å²) >= 11 is 0. The van der Waals surface area contributed by atoms with Crippen LogP contribution in [0.1, 0.15) is 31.4 Å². The number of aryl methyl sites for hydroxylation is 1. The highest BCUT2D eigenvalue weighted by Gasteiger charge is 2.52. The lowest BCUT2D eigenvalue weighted by molar-refractivity contribution is -0.146. The molecule has 2 fully saturated rings. The van der Waals surface area contributed by atoms with E-state index in [4.69, 9.17) is 4.74 Å². The monoisotopic (exact) mass is 371 g/mol. The zero-order chi connectivity index (χ0) is 19.2. The third-order valence-corrected chi connectivity index (χ3v) is 5.74. The van der Waals surface area contributed by atoms with E-state index in [1.54, 1.807) is 4.90 Å². The molecule has 0 unspecified atom stereocenters. The van der Waals surface area contributed by atoms with E-state index in [0.717, 1.165) is 16.9 Å². The van der Waals surface area contributed by atoms with Crippen molar-refractivity contribution in [3.05, 3.63) is 35.4 Å². The molecule has 2 aliphatic heterocycles. The van der Waals surface area contributed by atoms with Crippen LogP contribution in [0.4, 0.5) is 4.79 Å². The lowest BCUT2D eigenvalue weighted by Crippen LogP contribution is -2.53. The van der Waals surface area contributed by atoms with Gasteiger partial charge in [-0.15, -0.1) is 0 Å². The Balaban J connectivity index is 1.48. The smallest absolute Gasteiger partial charge is 0.325 e. The minimum absolute atomic E-state index is 0.0537. The van der Waals surface area contributed by atoms with E-state index in [1.807, 2.05) is 32.0 Å². The fourth-order valence-electron chi connectivity index (χ4n) is 4.46. The van der Waals surface area contributed by atoms with Crippen LogP contribution in [0, 0.1) is 0 Å². The molecule has 0 aromatic heterocycles. The summed E-state index contributed by atoms with van der Waals surface area (Å²) in [6.45, 7) is 4.57. The Morgan fingerprint density at radius 3 is 2.56 bits per heavy atom. The van der Waals surface area contributed by atoms with Crippen LogP contribution in [0.15, 0.2) is 24.3 Å². The maximum Gasteiger partial charge on any atom is 0.325 e. The molecule has 1 N–H and O–H groups in total. The number of hydrogen-bond acceptors (Lipinski definition) is 4. The molecule has 3 aliphatic rings. The van der Waals surface area contributed by atoms with E-state index < -0.39 is 11.6 Å². The summed E-state index contributed by atoms with van der Waals surface area (Å²) in [5.74, 6) is -0.501. The van der Waals surface area contributed by atoms with Crippen LogP contribution in [0.2, 0.25) is 0 Å². The van der Waals surface area contributed by atoms with E-state index in [9.17, 15) is 14.4 Å². The molecule has 144 valence electrons. The molecule has 2 saturated heterocycles. The molecule has 27 heavy (non-hydrogen) atoms. The highest BCUT2D eigenvalue weighted by atomic mass is 16.5. The summed E-state index contributed by atoms with van der Waals surface area (Å²) in [5, 5.41) is 2.88. The fourth-order valence-corrected chi connectivity index (χ4v) is 4.46. The number of carbonyl (C=O) groups excluding carboxylic acids is 3. The second kappa shape index (κ2) is 6.64. The van der Waals surface area contributed by atoms with Crippen LogP contribution in [0.25, 0.3) is 0 Å². The van der Waals surface area contributed by atoms with E-state index in [-0.39, 0.29) is 30.6 Å². The van der Waals surface area contributed by atoms with Crippen LogP contribution in [-0.4, -0.2) is 65.0 Å². The van der Waals surface area contributed by atoms with Crippen molar-refractivity contribution in [1.29, 1.82) is 0 Å². The highest BCUT2D eigenvalue weighted by molar-refractivity contribution is 6.09. The van der Waals surface area contributed by atoms with Gasteiger partial charge >= 0.3 is 6.03 Å². The molecule has 1 aromatic carbocycles. The maximum atomic E-state index is 13.1. The van der Waals surface area contributed by atoms with Crippen molar-refractivity contribution in [2.24, 2.45) is 0 Å². The number of nitrogens with zero attached hydrogens (tertiary/aromatic N) is 2. The van der Waals surface area contributed by atoms with E-state index in [2.05, 4.69) is 11.4 Å².